The van der Waals surface area contributed by atoms with Crippen LogP contribution in [0, 0.1) is 19.7 Å². The number of rotatable bonds is 8. The topological polar surface area (TPSA) is 63.5 Å². The molecule has 1 heterocycles. The molecule has 0 spiro atoms. The lowest BCUT2D eigenvalue weighted by atomic mass is 10.1. The zero-order valence-corrected chi connectivity index (χ0v) is 19.6. The molecule has 28 heavy (non-hydrogen) atoms. The van der Waals surface area contributed by atoms with Crippen LogP contribution >= 0.6 is 24.0 Å². The number of benzene rings is 1. The van der Waals surface area contributed by atoms with Crippen molar-refractivity contribution in [2.45, 2.75) is 39.7 Å². The lowest BCUT2D eigenvalue weighted by Crippen LogP contribution is -2.43. The molecule has 0 radical (unpaired) electrons. The molecule has 0 saturated heterocycles. The summed E-state index contributed by atoms with van der Waals surface area (Å²) in [6, 6.07) is 6.28. The minimum Gasteiger partial charge on any atom is -0.494 e. The zero-order chi connectivity index (χ0) is 19.8. The van der Waals surface area contributed by atoms with Gasteiger partial charge in [-0.2, -0.15) is 5.10 Å². The van der Waals surface area contributed by atoms with Gasteiger partial charge >= 0.3 is 0 Å². The van der Waals surface area contributed by atoms with Crippen LogP contribution in [-0.4, -0.2) is 42.0 Å². The molecule has 0 fully saturated rings. The Bertz CT molecular complexity index is 761. The van der Waals surface area contributed by atoms with E-state index in [1.807, 2.05) is 18.7 Å². The Hall–Kier alpha value is -1.84. The number of aromatic nitrogens is 2. The number of hydrogen-bond acceptors (Lipinski definition) is 3. The highest BCUT2D eigenvalue weighted by Gasteiger charge is 2.13. The third-order valence-corrected chi connectivity index (χ3v) is 4.47. The van der Waals surface area contributed by atoms with E-state index in [1.54, 1.807) is 19.2 Å². The summed E-state index contributed by atoms with van der Waals surface area (Å²) in [6.07, 6.45) is 1.70. The number of nitrogens with one attached hydrogen (secondary N) is 2. The molecule has 1 aromatic heterocycles. The molecule has 2 rings (SSSR count). The summed E-state index contributed by atoms with van der Waals surface area (Å²) in [7, 11) is 3.73. The van der Waals surface area contributed by atoms with Crippen molar-refractivity contribution in [1.82, 2.24) is 20.4 Å². The molecule has 156 valence electrons. The van der Waals surface area contributed by atoms with Crippen LogP contribution in [0.3, 0.4) is 0 Å². The molecule has 0 aliphatic rings. The molecule has 0 aliphatic carbocycles. The van der Waals surface area contributed by atoms with Gasteiger partial charge in [0.2, 0.25) is 0 Å². The summed E-state index contributed by atoms with van der Waals surface area (Å²) < 4.78 is 20.4. The van der Waals surface area contributed by atoms with Gasteiger partial charge in [0, 0.05) is 32.4 Å². The largest absolute Gasteiger partial charge is 0.494 e. The first kappa shape index (κ1) is 24.2. The Morgan fingerprint density at radius 2 is 1.96 bits per heavy atom. The maximum absolute atomic E-state index is 12.9. The highest BCUT2D eigenvalue weighted by atomic mass is 127. The third kappa shape index (κ3) is 7.29. The fraction of sp³-hybridized carbons (Fsp3) is 0.500. The molecule has 0 bridgehead atoms. The third-order valence-electron chi connectivity index (χ3n) is 4.47. The second-order valence-corrected chi connectivity index (χ2v) is 6.68. The molecule has 2 N–H and O–H groups in total. The Labute approximate surface area is 184 Å². The van der Waals surface area contributed by atoms with Crippen LogP contribution in [-0.2, 0) is 13.5 Å². The Morgan fingerprint density at radius 1 is 1.29 bits per heavy atom. The normalized spacial score (nSPS) is 12.3. The van der Waals surface area contributed by atoms with Crippen LogP contribution < -0.4 is 15.4 Å². The lowest BCUT2D eigenvalue weighted by molar-refractivity contribution is 0.310. The summed E-state index contributed by atoms with van der Waals surface area (Å²) in [5.74, 6) is 1.18. The number of guanidine groups is 1. The number of ether oxygens (including phenoxy) is 1. The number of hydrogen-bond donors (Lipinski definition) is 2. The first-order chi connectivity index (χ1) is 12.9. The Morgan fingerprint density at radius 3 is 2.54 bits per heavy atom. The van der Waals surface area contributed by atoms with E-state index >= 15 is 0 Å². The number of halogens is 2. The maximum atomic E-state index is 12.9. The van der Waals surface area contributed by atoms with E-state index in [1.165, 1.54) is 23.4 Å². The maximum Gasteiger partial charge on any atom is 0.191 e. The van der Waals surface area contributed by atoms with E-state index < -0.39 is 0 Å². The smallest absolute Gasteiger partial charge is 0.191 e. The molecule has 1 atom stereocenters. The van der Waals surface area contributed by atoms with Gasteiger partial charge in [-0.05, 0) is 63.4 Å². The van der Waals surface area contributed by atoms with Gasteiger partial charge in [-0.1, -0.05) is 0 Å². The minimum atomic E-state index is -0.260. The van der Waals surface area contributed by atoms with Gasteiger partial charge in [0.1, 0.15) is 11.6 Å². The Balaban J connectivity index is 0.00000392. The predicted molar refractivity (Wildman–Crippen MR) is 122 cm³/mol. The van der Waals surface area contributed by atoms with E-state index in [4.69, 9.17) is 4.74 Å². The summed E-state index contributed by atoms with van der Waals surface area (Å²) in [6.45, 7) is 7.56. The lowest BCUT2D eigenvalue weighted by Gasteiger charge is -2.18. The van der Waals surface area contributed by atoms with Crippen LogP contribution in [0.5, 0.6) is 5.75 Å². The molecule has 0 aliphatic heterocycles. The van der Waals surface area contributed by atoms with E-state index in [0.717, 1.165) is 31.0 Å². The van der Waals surface area contributed by atoms with E-state index in [9.17, 15) is 4.39 Å². The van der Waals surface area contributed by atoms with Crippen LogP contribution in [0.25, 0.3) is 0 Å². The molecule has 8 heteroatoms. The highest BCUT2D eigenvalue weighted by Crippen LogP contribution is 2.14. The van der Waals surface area contributed by atoms with Crippen molar-refractivity contribution in [2.24, 2.45) is 12.0 Å². The molecular formula is C20H31FIN5O. The van der Waals surface area contributed by atoms with Gasteiger partial charge in [-0.25, -0.2) is 4.39 Å². The van der Waals surface area contributed by atoms with Crippen molar-refractivity contribution in [3.8, 4) is 5.75 Å². The van der Waals surface area contributed by atoms with Crippen molar-refractivity contribution in [1.29, 1.82) is 0 Å². The van der Waals surface area contributed by atoms with Crippen molar-refractivity contribution in [3.63, 3.8) is 0 Å². The summed E-state index contributed by atoms with van der Waals surface area (Å²) in [5, 5.41) is 11.2. The summed E-state index contributed by atoms with van der Waals surface area (Å²) in [5.41, 5.74) is 3.55. The Kier molecular flexibility index (Phi) is 10.3. The van der Waals surface area contributed by atoms with E-state index in [2.05, 4.69) is 34.6 Å². The van der Waals surface area contributed by atoms with Gasteiger partial charge < -0.3 is 15.4 Å². The van der Waals surface area contributed by atoms with E-state index in [-0.39, 0.29) is 35.8 Å². The van der Waals surface area contributed by atoms with E-state index in [0.29, 0.717) is 12.4 Å². The minimum absolute atomic E-state index is 0. The monoisotopic (exact) mass is 503 g/mol. The number of aliphatic imine (C=N–C) groups is 1. The van der Waals surface area contributed by atoms with Gasteiger partial charge in [0.15, 0.2) is 5.96 Å². The van der Waals surface area contributed by atoms with Crippen molar-refractivity contribution in [2.75, 3.05) is 20.2 Å². The number of aryl methyl sites for hydroxylation is 2. The zero-order valence-electron chi connectivity index (χ0n) is 17.3. The van der Waals surface area contributed by atoms with Crippen LogP contribution in [0.2, 0.25) is 0 Å². The average Bonchev–Trinajstić information content (AvgIpc) is 2.88. The van der Waals surface area contributed by atoms with Gasteiger partial charge in [0.25, 0.3) is 0 Å². The van der Waals surface area contributed by atoms with Gasteiger partial charge in [0.05, 0.1) is 12.3 Å². The first-order valence-electron chi connectivity index (χ1n) is 9.25. The average molecular weight is 503 g/mol. The highest BCUT2D eigenvalue weighted by molar-refractivity contribution is 14.0. The predicted octanol–water partition coefficient (Wildman–Crippen LogP) is 3.36. The molecule has 6 nitrogen and oxygen atoms in total. The first-order valence-corrected chi connectivity index (χ1v) is 9.25. The standard InChI is InChI=1S/C20H30FN5O.HI/c1-14(13-19-15(2)25-26(5)16(19)3)24-20(22-4)23-11-6-12-27-18-9-7-17(21)8-10-18;/h7-10,14H,6,11-13H2,1-5H3,(H2,22,23,24);1H. The molecular weight excluding hydrogens is 472 g/mol. The van der Waals surface area contributed by atoms with Crippen LogP contribution in [0.1, 0.15) is 30.3 Å². The molecule has 1 aromatic carbocycles. The summed E-state index contributed by atoms with van der Waals surface area (Å²) >= 11 is 0. The molecule has 2 aromatic rings. The fourth-order valence-electron chi connectivity index (χ4n) is 2.90. The van der Waals surface area contributed by atoms with Crippen LogP contribution in [0.15, 0.2) is 29.3 Å². The van der Waals surface area contributed by atoms with Crippen molar-refractivity contribution >= 4 is 29.9 Å². The molecule has 0 amide bonds. The quantitative estimate of drug-likeness (QED) is 0.251. The van der Waals surface area contributed by atoms with Crippen LogP contribution in [0.4, 0.5) is 4.39 Å². The second kappa shape index (κ2) is 11.9. The SMILES string of the molecule is CN=C(NCCCOc1ccc(F)cc1)NC(C)Cc1c(C)nn(C)c1C.I. The van der Waals surface area contributed by atoms with Gasteiger partial charge in [-0.3, -0.25) is 9.67 Å². The number of nitrogens with zero attached hydrogens (tertiary/aromatic N) is 3. The van der Waals surface area contributed by atoms with Gasteiger partial charge in [-0.15, -0.1) is 24.0 Å². The van der Waals surface area contributed by atoms with Crippen molar-refractivity contribution < 1.29 is 9.13 Å². The molecule has 0 saturated carbocycles. The fourth-order valence-corrected chi connectivity index (χ4v) is 2.90. The molecule has 1 unspecified atom stereocenters. The second-order valence-electron chi connectivity index (χ2n) is 6.68. The summed E-state index contributed by atoms with van der Waals surface area (Å²) in [4.78, 5) is 4.28. The van der Waals surface area contributed by atoms with Crippen molar-refractivity contribution in [3.05, 3.63) is 47.0 Å².